The smallest absolute Gasteiger partial charge is 0.320 e. The van der Waals surface area contributed by atoms with E-state index in [0.717, 1.165) is 31.9 Å². The van der Waals surface area contributed by atoms with E-state index in [0.29, 0.717) is 11.4 Å². The van der Waals surface area contributed by atoms with Crippen molar-refractivity contribution >= 4 is 17.5 Å². The van der Waals surface area contributed by atoms with Gasteiger partial charge in [0, 0.05) is 11.6 Å². The molecular formula is C13H18N4O3. The second-order valence-electron chi connectivity index (χ2n) is 5.05. The predicted molar refractivity (Wildman–Crippen MR) is 74.7 cm³/mol. The van der Waals surface area contributed by atoms with Crippen LogP contribution < -0.4 is 10.6 Å². The molecule has 0 bridgehead atoms. The lowest BCUT2D eigenvalue weighted by molar-refractivity contribution is -0.385. The van der Waals surface area contributed by atoms with Crippen LogP contribution in [-0.2, 0) is 0 Å². The van der Waals surface area contributed by atoms with Crippen LogP contribution in [0, 0.1) is 17.0 Å². The second-order valence-corrected chi connectivity index (χ2v) is 5.05. The third-order valence-electron chi connectivity index (χ3n) is 3.46. The number of hydrogen-bond donors (Lipinski definition) is 2. The number of nitro groups is 1. The number of aryl methyl sites for hydroxylation is 1. The molecule has 2 amide bonds. The molecule has 20 heavy (non-hydrogen) atoms. The monoisotopic (exact) mass is 278 g/mol. The summed E-state index contributed by atoms with van der Waals surface area (Å²) in [6, 6.07) is 1.40. The zero-order valence-electron chi connectivity index (χ0n) is 11.4. The maximum absolute atomic E-state index is 11.8. The molecule has 108 valence electrons. The van der Waals surface area contributed by atoms with Crippen LogP contribution in [0.2, 0.25) is 0 Å². The maximum atomic E-state index is 11.8. The molecule has 1 saturated carbocycles. The first-order valence-electron chi connectivity index (χ1n) is 6.75. The number of nitrogens with one attached hydrogen (secondary N) is 2. The van der Waals surface area contributed by atoms with Gasteiger partial charge in [0.15, 0.2) is 0 Å². The quantitative estimate of drug-likeness (QED) is 0.656. The van der Waals surface area contributed by atoms with E-state index >= 15 is 0 Å². The standard InChI is InChI=1S/C13H18N4O3/c1-9-7-12(14-8-11(9)17(19)20)16-13(18)15-10-5-3-2-4-6-10/h7-8,10H,2-6H2,1H3,(H2,14,15,16,18). The number of rotatable bonds is 3. The number of pyridine rings is 1. The Labute approximate surface area is 116 Å². The van der Waals surface area contributed by atoms with Gasteiger partial charge in [0.1, 0.15) is 12.0 Å². The molecule has 0 spiro atoms. The van der Waals surface area contributed by atoms with Gasteiger partial charge in [-0.05, 0) is 25.8 Å². The highest BCUT2D eigenvalue weighted by Gasteiger charge is 2.17. The number of carbonyl (C=O) groups is 1. The highest BCUT2D eigenvalue weighted by atomic mass is 16.6. The van der Waals surface area contributed by atoms with E-state index in [1.165, 1.54) is 12.5 Å². The van der Waals surface area contributed by atoms with E-state index in [1.54, 1.807) is 6.92 Å². The largest absolute Gasteiger partial charge is 0.335 e. The number of nitrogens with zero attached hydrogens (tertiary/aromatic N) is 2. The van der Waals surface area contributed by atoms with Crippen LogP contribution in [0.3, 0.4) is 0 Å². The number of aromatic nitrogens is 1. The molecule has 0 atom stereocenters. The molecule has 0 aromatic carbocycles. The minimum Gasteiger partial charge on any atom is -0.335 e. The molecule has 0 radical (unpaired) electrons. The van der Waals surface area contributed by atoms with Gasteiger partial charge in [-0.15, -0.1) is 0 Å². The zero-order chi connectivity index (χ0) is 14.5. The van der Waals surface area contributed by atoms with Gasteiger partial charge in [0.05, 0.1) is 4.92 Å². The summed E-state index contributed by atoms with van der Waals surface area (Å²) < 4.78 is 0. The van der Waals surface area contributed by atoms with Gasteiger partial charge in [0.2, 0.25) is 0 Å². The van der Waals surface area contributed by atoms with Crippen molar-refractivity contribution < 1.29 is 9.72 Å². The molecule has 7 heteroatoms. The van der Waals surface area contributed by atoms with Crippen LogP contribution in [0.25, 0.3) is 0 Å². The molecule has 1 aliphatic carbocycles. The molecule has 0 saturated heterocycles. The third kappa shape index (κ3) is 3.66. The van der Waals surface area contributed by atoms with Gasteiger partial charge < -0.3 is 5.32 Å². The van der Waals surface area contributed by atoms with E-state index in [1.807, 2.05) is 0 Å². The van der Waals surface area contributed by atoms with Crippen molar-refractivity contribution in [2.24, 2.45) is 0 Å². The van der Waals surface area contributed by atoms with Crippen molar-refractivity contribution in [2.45, 2.75) is 45.1 Å². The summed E-state index contributed by atoms with van der Waals surface area (Å²) in [5, 5.41) is 16.2. The van der Waals surface area contributed by atoms with Crippen molar-refractivity contribution in [3.8, 4) is 0 Å². The molecule has 2 N–H and O–H groups in total. The van der Waals surface area contributed by atoms with Crippen molar-refractivity contribution in [2.75, 3.05) is 5.32 Å². The normalized spacial score (nSPS) is 15.7. The van der Waals surface area contributed by atoms with E-state index in [-0.39, 0.29) is 17.8 Å². The Kier molecular flexibility index (Phi) is 4.49. The van der Waals surface area contributed by atoms with Crippen molar-refractivity contribution in [3.05, 3.63) is 27.9 Å². The van der Waals surface area contributed by atoms with Gasteiger partial charge in [-0.3, -0.25) is 15.4 Å². The van der Waals surface area contributed by atoms with Gasteiger partial charge in [-0.2, -0.15) is 0 Å². The molecule has 1 aliphatic rings. The number of urea groups is 1. The fourth-order valence-electron chi connectivity index (χ4n) is 2.39. The van der Waals surface area contributed by atoms with Crippen molar-refractivity contribution in [1.29, 1.82) is 0 Å². The highest BCUT2D eigenvalue weighted by molar-refractivity contribution is 5.88. The minimum absolute atomic E-state index is 0.0526. The first kappa shape index (κ1) is 14.2. The summed E-state index contributed by atoms with van der Waals surface area (Å²) in [6.07, 6.45) is 6.66. The number of carbonyl (C=O) groups excluding carboxylic acids is 1. The Balaban J connectivity index is 1.93. The first-order valence-corrected chi connectivity index (χ1v) is 6.75. The van der Waals surface area contributed by atoms with Gasteiger partial charge in [0.25, 0.3) is 5.69 Å². The molecule has 0 unspecified atom stereocenters. The third-order valence-corrected chi connectivity index (χ3v) is 3.46. The van der Waals surface area contributed by atoms with Gasteiger partial charge in [-0.1, -0.05) is 19.3 Å². The Hall–Kier alpha value is -2.18. The van der Waals surface area contributed by atoms with Crippen LogP contribution in [0.5, 0.6) is 0 Å². The number of anilines is 1. The Morgan fingerprint density at radius 3 is 2.70 bits per heavy atom. The molecule has 2 rings (SSSR count). The first-order chi connectivity index (χ1) is 9.56. The van der Waals surface area contributed by atoms with Crippen molar-refractivity contribution in [3.63, 3.8) is 0 Å². The molecular weight excluding hydrogens is 260 g/mol. The molecule has 1 heterocycles. The summed E-state index contributed by atoms with van der Waals surface area (Å²) in [4.78, 5) is 25.9. The van der Waals surface area contributed by atoms with Gasteiger partial charge >= 0.3 is 6.03 Å². The van der Waals surface area contributed by atoms with Crippen LogP contribution in [0.1, 0.15) is 37.7 Å². The molecule has 1 fully saturated rings. The summed E-state index contributed by atoms with van der Waals surface area (Å²) in [7, 11) is 0. The fourth-order valence-corrected chi connectivity index (χ4v) is 2.39. The topological polar surface area (TPSA) is 97.2 Å². The SMILES string of the molecule is Cc1cc(NC(=O)NC2CCCCC2)ncc1[N+](=O)[O-]. The average molecular weight is 278 g/mol. The van der Waals surface area contributed by atoms with Crippen LogP contribution >= 0.6 is 0 Å². The van der Waals surface area contributed by atoms with E-state index in [2.05, 4.69) is 15.6 Å². The highest BCUT2D eigenvalue weighted by Crippen LogP contribution is 2.19. The Bertz CT molecular complexity index is 512. The predicted octanol–water partition coefficient (Wildman–Crippen LogP) is 2.75. The number of amides is 2. The van der Waals surface area contributed by atoms with Crippen LogP contribution in [0.4, 0.5) is 16.3 Å². The lowest BCUT2D eigenvalue weighted by atomic mass is 9.96. The molecule has 0 aliphatic heterocycles. The molecule has 7 nitrogen and oxygen atoms in total. The summed E-state index contributed by atoms with van der Waals surface area (Å²) >= 11 is 0. The Morgan fingerprint density at radius 1 is 1.40 bits per heavy atom. The second kappa shape index (κ2) is 6.31. The fraction of sp³-hybridized carbons (Fsp3) is 0.538. The number of hydrogen-bond acceptors (Lipinski definition) is 4. The lowest BCUT2D eigenvalue weighted by Gasteiger charge is -2.22. The van der Waals surface area contributed by atoms with Crippen LogP contribution in [0.15, 0.2) is 12.3 Å². The molecule has 1 aromatic heterocycles. The van der Waals surface area contributed by atoms with Crippen LogP contribution in [-0.4, -0.2) is 22.0 Å². The summed E-state index contributed by atoms with van der Waals surface area (Å²) in [5.74, 6) is 0.321. The van der Waals surface area contributed by atoms with Crippen molar-refractivity contribution in [1.82, 2.24) is 10.3 Å². The maximum Gasteiger partial charge on any atom is 0.320 e. The van der Waals surface area contributed by atoms with Gasteiger partial charge in [-0.25, -0.2) is 9.78 Å². The Morgan fingerprint density at radius 2 is 2.10 bits per heavy atom. The molecule has 1 aromatic rings. The lowest BCUT2D eigenvalue weighted by Crippen LogP contribution is -2.39. The van der Waals surface area contributed by atoms with E-state index in [4.69, 9.17) is 0 Å². The van der Waals surface area contributed by atoms with E-state index in [9.17, 15) is 14.9 Å². The summed E-state index contributed by atoms with van der Waals surface area (Å²) in [5.41, 5.74) is 0.418. The zero-order valence-corrected chi connectivity index (χ0v) is 11.4. The minimum atomic E-state index is -0.492. The van der Waals surface area contributed by atoms with E-state index < -0.39 is 4.92 Å². The average Bonchev–Trinajstić information content (AvgIpc) is 2.39. The summed E-state index contributed by atoms with van der Waals surface area (Å²) in [6.45, 7) is 1.62.